The zero-order valence-corrected chi connectivity index (χ0v) is 35.4. The third kappa shape index (κ3) is 38.8. The normalized spacial score (nSPS) is 14.4. The molecule has 312 valence electrons. The molecule has 0 bridgehead atoms. The zero-order valence-electron chi connectivity index (χ0n) is 34.5. The van der Waals surface area contributed by atoms with Gasteiger partial charge >= 0.3 is 7.82 Å². The molecule has 8 nitrogen and oxygen atoms in total. The van der Waals surface area contributed by atoms with Crippen molar-refractivity contribution in [2.45, 2.75) is 219 Å². The molecular formula is C44H85N2O6P. The zero-order chi connectivity index (χ0) is 38.9. The maximum absolute atomic E-state index is 12.8. The van der Waals surface area contributed by atoms with Gasteiger partial charge in [-0.15, -0.1) is 0 Å². The predicted octanol–water partition coefficient (Wildman–Crippen LogP) is 12.3. The highest BCUT2D eigenvalue weighted by molar-refractivity contribution is 7.47. The quantitative estimate of drug-likeness (QED) is 0.0277. The Morgan fingerprint density at radius 2 is 1.00 bits per heavy atom. The largest absolute Gasteiger partial charge is 0.472 e. The molecule has 9 heteroatoms. The van der Waals surface area contributed by atoms with Gasteiger partial charge in [-0.05, 0) is 44.9 Å². The van der Waals surface area contributed by atoms with Crippen molar-refractivity contribution in [3.63, 3.8) is 0 Å². The SMILES string of the molecule is CCCCCCCC/C=C/CC/C=C/CC/C=C/C(O)C(COP(=O)(O)OCCN)NC(=O)CCCCCCCCCCCCCCCCCCCC. The van der Waals surface area contributed by atoms with E-state index < -0.39 is 20.0 Å². The Morgan fingerprint density at radius 3 is 1.45 bits per heavy atom. The lowest BCUT2D eigenvalue weighted by Crippen LogP contribution is -2.45. The number of nitrogens with two attached hydrogens (primary N) is 1. The average Bonchev–Trinajstić information content (AvgIpc) is 3.14. The van der Waals surface area contributed by atoms with E-state index in [1.54, 1.807) is 6.08 Å². The van der Waals surface area contributed by atoms with Crippen LogP contribution in [-0.2, 0) is 18.4 Å². The van der Waals surface area contributed by atoms with Crippen LogP contribution in [0.15, 0.2) is 36.5 Å². The number of phosphoric ester groups is 1. The van der Waals surface area contributed by atoms with Gasteiger partial charge in [0.15, 0.2) is 0 Å². The summed E-state index contributed by atoms with van der Waals surface area (Å²) in [7, 11) is -4.35. The van der Waals surface area contributed by atoms with Crippen LogP contribution in [0.3, 0.4) is 0 Å². The highest BCUT2D eigenvalue weighted by Crippen LogP contribution is 2.43. The van der Waals surface area contributed by atoms with E-state index in [1.165, 1.54) is 141 Å². The summed E-state index contributed by atoms with van der Waals surface area (Å²) >= 11 is 0. The summed E-state index contributed by atoms with van der Waals surface area (Å²) in [6.45, 7) is 4.11. The van der Waals surface area contributed by atoms with Gasteiger partial charge in [0.2, 0.25) is 5.91 Å². The van der Waals surface area contributed by atoms with Gasteiger partial charge in [-0.3, -0.25) is 13.8 Å². The number of carbonyl (C=O) groups is 1. The maximum Gasteiger partial charge on any atom is 0.472 e. The Labute approximate surface area is 327 Å². The van der Waals surface area contributed by atoms with Crippen molar-refractivity contribution in [3.8, 4) is 0 Å². The third-order valence-corrected chi connectivity index (χ3v) is 10.7. The Kier molecular flexibility index (Phi) is 39.4. The fourth-order valence-electron chi connectivity index (χ4n) is 6.34. The summed E-state index contributed by atoms with van der Waals surface area (Å²) in [6, 6.07) is -0.880. The summed E-state index contributed by atoms with van der Waals surface area (Å²) in [4.78, 5) is 22.7. The fourth-order valence-corrected chi connectivity index (χ4v) is 7.10. The van der Waals surface area contributed by atoms with Crippen molar-refractivity contribution >= 4 is 13.7 Å². The monoisotopic (exact) mass is 769 g/mol. The maximum atomic E-state index is 12.8. The Hall–Kier alpha value is -1.28. The van der Waals surface area contributed by atoms with Gasteiger partial charge in [0.1, 0.15) is 0 Å². The van der Waals surface area contributed by atoms with Gasteiger partial charge < -0.3 is 21.1 Å². The molecule has 0 radical (unpaired) electrons. The highest BCUT2D eigenvalue weighted by atomic mass is 31.2. The lowest BCUT2D eigenvalue weighted by molar-refractivity contribution is -0.123. The van der Waals surface area contributed by atoms with Crippen molar-refractivity contribution < 1.29 is 28.4 Å². The van der Waals surface area contributed by atoms with Crippen molar-refractivity contribution in [1.82, 2.24) is 5.32 Å². The molecule has 0 spiro atoms. The van der Waals surface area contributed by atoms with Crippen LogP contribution >= 0.6 is 7.82 Å². The molecule has 0 aromatic carbocycles. The van der Waals surface area contributed by atoms with E-state index in [4.69, 9.17) is 14.8 Å². The van der Waals surface area contributed by atoms with Crippen molar-refractivity contribution in [2.24, 2.45) is 5.73 Å². The third-order valence-electron chi connectivity index (χ3n) is 9.70. The number of hydrogen-bond donors (Lipinski definition) is 4. The Bertz CT molecular complexity index is 928. The van der Waals surface area contributed by atoms with E-state index in [9.17, 15) is 19.4 Å². The first-order valence-corrected chi connectivity index (χ1v) is 23.6. The van der Waals surface area contributed by atoms with Crippen LogP contribution in [0.5, 0.6) is 0 Å². The molecule has 0 saturated carbocycles. The minimum atomic E-state index is -4.35. The second kappa shape index (κ2) is 40.4. The molecule has 0 aromatic heterocycles. The van der Waals surface area contributed by atoms with Crippen LogP contribution in [0, 0.1) is 0 Å². The molecule has 0 fully saturated rings. The van der Waals surface area contributed by atoms with Gasteiger partial charge in [-0.1, -0.05) is 192 Å². The molecule has 1 amide bonds. The smallest absolute Gasteiger partial charge is 0.387 e. The predicted molar refractivity (Wildman–Crippen MR) is 226 cm³/mol. The van der Waals surface area contributed by atoms with Gasteiger partial charge in [-0.25, -0.2) is 4.57 Å². The molecule has 0 rings (SSSR count). The number of allylic oxidation sites excluding steroid dienone is 5. The molecule has 0 aliphatic carbocycles. The number of rotatable bonds is 41. The summed E-state index contributed by atoms with van der Waals surface area (Å²) < 4.78 is 22.1. The summed E-state index contributed by atoms with van der Waals surface area (Å²) in [6.07, 6.45) is 47.7. The topological polar surface area (TPSA) is 131 Å². The molecular weight excluding hydrogens is 683 g/mol. The van der Waals surface area contributed by atoms with Crippen molar-refractivity contribution in [3.05, 3.63) is 36.5 Å². The van der Waals surface area contributed by atoms with Crippen LogP contribution in [0.4, 0.5) is 0 Å². The molecule has 0 heterocycles. The second-order valence-electron chi connectivity index (χ2n) is 14.9. The molecule has 0 aliphatic rings. The summed E-state index contributed by atoms with van der Waals surface area (Å²) in [5.74, 6) is -0.206. The van der Waals surface area contributed by atoms with E-state index in [0.717, 1.165) is 44.9 Å². The van der Waals surface area contributed by atoms with Crippen LogP contribution in [0.1, 0.15) is 206 Å². The van der Waals surface area contributed by atoms with E-state index in [0.29, 0.717) is 6.42 Å². The first kappa shape index (κ1) is 51.7. The molecule has 0 saturated heterocycles. The standard InChI is InChI=1S/C44H85N2O6P/c1-3-5-7-9-11-13-15-17-19-21-22-24-26-28-30-32-34-36-38-44(48)46-42(41-52-53(49,50)51-40-39-45)43(47)37-35-33-31-29-27-25-23-20-18-16-14-12-10-8-6-4-2/h18,20,27,29,35,37,42-43,47H,3-17,19,21-26,28,30-34,36,38-41,45H2,1-2H3,(H,46,48)(H,49,50)/b20-18+,29-27+,37-35+. The number of amides is 1. The van der Waals surface area contributed by atoms with Crippen LogP contribution < -0.4 is 11.1 Å². The number of unbranched alkanes of at least 4 members (excludes halogenated alkanes) is 25. The molecule has 0 aromatic rings. The van der Waals surface area contributed by atoms with E-state index in [1.807, 2.05) is 6.08 Å². The van der Waals surface area contributed by atoms with Gasteiger partial charge in [0.05, 0.1) is 25.4 Å². The first-order valence-electron chi connectivity index (χ1n) is 22.1. The molecule has 53 heavy (non-hydrogen) atoms. The van der Waals surface area contributed by atoms with Gasteiger partial charge in [0.25, 0.3) is 0 Å². The molecule has 0 aliphatic heterocycles. The van der Waals surface area contributed by atoms with Crippen LogP contribution in [0.2, 0.25) is 0 Å². The van der Waals surface area contributed by atoms with E-state index >= 15 is 0 Å². The minimum Gasteiger partial charge on any atom is -0.387 e. The van der Waals surface area contributed by atoms with Gasteiger partial charge in [-0.2, -0.15) is 0 Å². The molecule has 3 atom stereocenters. The highest BCUT2D eigenvalue weighted by Gasteiger charge is 2.26. The van der Waals surface area contributed by atoms with Crippen molar-refractivity contribution in [2.75, 3.05) is 19.8 Å². The number of carbonyl (C=O) groups excluding carboxylic acids is 1. The lowest BCUT2D eigenvalue weighted by Gasteiger charge is -2.23. The minimum absolute atomic E-state index is 0.0727. The Morgan fingerprint density at radius 1 is 0.604 bits per heavy atom. The van der Waals surface area contributed by atoms with Crippen LogP contribution in [0.25, 0.3) is 0 Å². The fraction of sp³-hybridized carbons (Fsp3) is 0.841. The van der Waals surface area contributed by atoms with Gasteiger partial charge in [0, 0.05) is 13.0 Å². The number of nitrogens with one attached hydrogen (secondary N) is 1. The van der Waals surface area contributed by atoms with E-state index in [-0.39, 0.29) is 25.7 Å². The number of aliphatic hydroxyl groups excluding tert-OH is 1. The number of phosphoric acid groups is 1. The summed E-state index contributed by atoms with van der Waals surface area (Å²) in [5.41, 5.74) is 5.37. The second-order valence-corrected chi connectivity index (χ2v) is 16.3. The first-order chi connectivity index (χ1) is 25.9. The summed E-state index contributed by atoms with van der Waals surface area (Å²) in [5, 5.41) is 13.6. The van der Waals surface area contributed by atoms with Crippen molar-refractivity contribution in [1.29, 1.82) is 0 Å². The average molecular weight is 769 g/mol. The number of hydrogen-bond acceptors (Lipinski definition) is 6. The van der Waals surface area contributed by atoms with Crippen LogP contribution in [-0.4, -0.2) is 47.8 Å². The number of aliphatic hydroxyl groups is 1. The lowest BCUT2D eigenvalue weighted by atomic mass is 10.0. The molecule has 5 N–H and O–H groups in total. The van der Waals surface area contributed by atoms with E-state index in [2.05, 4.69) is 43.5 Å². The Balaban J connectivity index is 4.25. The molecule has 3 unspecified atom stereocenters.